The molecule has 2 aromatic heterocycles. The van der Waals surface area contributed by atoms with Crippen LogP contribution in [0.3, 0.4) is 0 Å². The summed E-state index contributed by atoms with van der Waals surface area (Å²) < 4.78 is 34.1. The maximum Gasteiger partial charge on any atom is 0.312 e. The van der Waals surface area contributed by atoms with Gasteiger partial charge in [-0.3, -0.25) is 9.78 Å². The van der Waals surface area contributed by atoms with E-state index in [0.717, 1.165) is 6.20 Å². The number of anilines is 2. The molecule has 2 heterocycles. The Hall–Kier alpha value is -2.31. The molecule has 1 amide bonds. The molecule has 0 radical (unpaired) electrons. The molecule has 0 unspecified atom stereocenters. The Bertz CT molecular complexity index is 978. The number of carbonyl (C=O) groups excluding carboxylic acids is 1. The van der Waals surface area contributed by atoms with Crippen molar-refractivity contribution in [2.75, 3.05) is 5.32 Å². The highest BCUT2D eigenvalue weighted by Gasteiger charge is 2.24. The van der Waals surface area contributed by atoms with Gasteiger partial charge in [0, 0.05) is 9.77 Å². The first-order valence-electron chi connectivity index (χ1n) is 7.29. The third kappa shape index (κ3) is 3.76. The molecule has 0 bridgehead atoms. The molecule has 0 aliphatic heterocycles. The number of amides is 1. The Morgan fingerprint density at radius 3 is 2.81 bits per heavy atom. The smallest absolute Gasteiger partial charge is 0.312 e. The number of hydrogen-bond acceptors (Lipinski definition) is 6. The average molecular weight is 475 g/mol. The van der Waals surface area contributed by atoms with Crippen LogP contribution in [0.1, 0.15) is 17.5 Å². The number of aromatic nitrogens is 1. The number of hydrogen-bond donors (Lipinski definition) is 3. The summed E-state index contributed by atoms with van der Waals surface area (Å²) in [5.41, 5.74) is 1.81. The van der Waals surface area contributed by atoms with Gasteiger partial charge in [-0.2, -0.15) is 0 Å². The number of carbonyl (C=O) groups is 1. The van der Waals surface area contributed by atoms with Gasteiger partial charge in [0.25, 0.3) is 0 Å². The van der Waals surface area contributed by atoms with Crippen molar-refractivity contribution in [3.05, 3.63) is 51.6 Å². The Kier molecular flexibility index (Phi) is 5.34. The van der Waals surface area contributed by atoms with Gasteiger partial charge in [0.05, 0.1) is 17.3 Å². The number of aliphatic hydroxyl groups is 1. The van der Waals surface area contributed by atoms with Crippen molar-refractivity contribution in [2.45, 2.75) is 13.2 Å². The Morgan fingerprint density at radius 1 is 1.35 bits per heavy atom. The van der Waals surface area contributed by atoms with Crippen molar-refractivity contribution in [3.63, 3.8) is 0 Å². The highest BCUT2D eigenvalue weighted by atomic mass is 127. The van der Waals surface area contributed by atoms with E-state index in [1.165, 1.54) is 25.3 Å². The molecule has 3 N–H and O–H groups in total. The fraction of sp³-hybridized carbons (Fsp3) is 0.125. The van der Waals surface area contributed by atoms with Crippen LogP contribution in [0.25, 0.3) is 11.0 Å². The second-order valence-electron chi connectivity index (χ2n) is 5.20. The van der Waals surface area contributed by atoms with Crippen LogP contribution in [-0.2, 0) is 4.84 Å². The maximum absolute atomic E-state index is 14.2. The van der Waals surface area contributed by atoms with Crippen LogP contribution in [0.5, 0.6) is 0 Å². The summed E-state index contributed by atoms with van der Waals surface area (Å²) in [6.45, 7) is 1.28. The van der Waals surface area contributed by atoms with Gasteiger partial charge in [-0.25, -0.2) is 19.1 Å². The normalized spacial score (nSPS) is 12.2. The second kappa shape index (κ2) is 7.51. The zero-order valence-corrected chi connectivity index (χ0v) is 15.4. The minimum absolute atomic E-state index is 0.0128. The van der Waals surface area contributed by atoms with Crippen LogP contribution >= 0.6 is 22.6 Å². The lowest BCUT2D eigenvalue weighted by atomic mass is 10.2. The van der Waals surface area contributed by atoms with Crippen molar-refractivity contribution < 1.29 is 27.9 Å². The average Bonchev–Trinajstić information content (AvgIpc) is 2.95. The summed E-state index contributed by atoms with van der Waals surface area (Å²) in [5.74, 6) is -2.60. The molecule has 0 aliphatic rings. The highest BCUT2D eigenvalue weighted by molar-refractivity contribution is 14.1. The van der Waals surface area contributed by atoms with Gasteiger partial charge >= 0.3 is 5.91 Å². The number of furan rings is 1. The van der Waals surface area contributed by atoms with E-state index in [2.05, 4.69) is 15.1 Å². The number of halogens is 3. The summed E-state index contributed by atoms with van der Waals surface area (Å²) in [7, 11) is 0. The van der Waals surface area contributed by atoms with Crippen LogP contribution < -0.4 is 10.8 Å². The molecule has 136 valence electrons. The number of benzene rings is 1. The van der Waals surface area contributed by atoms with E-state index in [0.29, 0.717) is 3.57 Å². The summed E-state index contributed by atoms with van der Waals surface area (Å²) in [6, 6.07) is 4.42. The zero-order chi connectivity index (χ0) is 18.8. The number of pyridine rings is 1. The lowest BCUT2D eigenvalue weighted by molar-refractivity contribution is -0.122. The molecule has 26 heavy (non-hydrogen) atoms. The van der Waals surface area contributed by atoms with Gasteiger partial charge < -0.3 is 14.8 Å². The number of aliphatic hydroxyl groups excluding tert-OH is 1. The minimum atomic E-state index is -1.27. The predicted octanol–water partition coefficient (Wildman–Crippen LogP) is 3.45. The highest BCUT2D eigenvalue weighted by Crippen LogP contribution is 2.35. The largest absolute Gasteiger partial charge is 0.445 e. The van der Waals surface area contributed by atoms with Crippen molar-refractivity contribution in [1.82, 2.24) is 10.5 Å². The van der Waals surface area contributed by atoms with Gasteiger partial charge in [0.2, 0.25) is 5.76 Å². The number of rotatable bonds is 5. The lowest BCUT2D eigenvalue weighted by Gasteiger charge is -2.10. The molecule has 7 nitrogen and oxygen atoms in total. The lowest BCUT2D eigenvalue weighted by Crippen LogP contribution is -2.28. The Balaban J connectivity index is 2.07. The quantitative estimate of drug-likeness (QED) is 0.297. The molecule has 1 aromatic carbocycles. The molecule has 0 aliphatic carbocycles. The van der Waals surface area contributed by atoms with Gasteiger partial charge in [-0.15, -0.1) is 0 Å². The first-order valence-corrected chi connectivity index (χ1v) is 8.37. The monoisotopic (exact) mass is 475 g/mol. The van der Waals surface area contributed by atoms with Crippen molar-refractivity contribution in [1.29, 1.82) is 0 Å². The number of nitrogens with zero attached hydrogens (tertiary/aromatic N) is 1. The van der Waals surface area contributed by atoms with Crippen molar-refractivity contribution in [2.24, 2.45) is 0 Å². The first kappa shape index (κ1) is 18.5. The summed E-state index contributed by atoms with van der Waals surface area (Å²) >= 11 is 1.95. The van der Waals surface area contributed by atoms with E-state index in [-0.39, 0.29) is 28.1 Å². The minimum Gasteiger partial charge on any atom is -0.445 e. The van der Waals surface area contributed by atoms with Gasteiger partial charge in [0.15, 0.2) is 17.7 Å². The van der Waals surface area contributed by atoms with E-state index < -0.39 is 23.8 Å². The number of nitrogens with one attached hydrogen (secondary N) is 2. The van der Waals surface area contributed by atoms with Crippen LogP contribution in [0.15, 0.2) is 35.0 Å². The standard InChI is InChI=1S/C16H12F2IN3O4/c1-7(23)26-22-16(24)15-13(9-5-20-6-11(18)14(9)25-15)21-12-3-2-8(19)4-10(12)17/h2-7,21,23H,1H3,(H,22,24)/t7-/m1/s1. The fourth-order valence-electron chi connectivity index (χ4n) is 2.18. The van der Waals surface area contributed by atoms with E-state index in [1.54, 1.807) is 6.07 Å². The van der Waals surface area contributed by atoms with Crippen molar-refractivity contribution >= 4 is 50.8 Å². The number of fused-ring (bicyclic) bond motifs is 1. The second-order valence-corrected chi connectivity index (χ2v) is 6.45. The van der Waals surface area contributed by atoms with E-state index in [1.807, 2.05) is 28.1 Å². The summed E-state index contributed by atoms with van der Waals surface area (Å²) in [4.78, 5) is 20.6. The first-order chi connectivity index (χ1) is 12.4. The molecular weight excluding hydrogens is 463 g/mol. The van der Waals surface area contributed by atoms with Crippen LogP contribution in [0.4, 0.5) is 20.2 Å². The summed E-state index contributed by atoms with van der Waals surface area (Å²) in [5, 5.41) is 12.0. The maximum atomic E-state index is 14.2. The topological polar surface area (TPSA) is 96.6 Å². The molecule has 0 saturated heterocycles. The zero-order valence-electron chi connectivity index (χ0n) is 13.2. The van der Waals surface area contributed by atoms with Crippen LogP contribution in [0, 0.1) is 15.2 Å². The molecule has 0 spiro atoms. The van der Waals surface area contributed by atoms with Crippen LogP contribution in [0.2, 0.25) is 0 Å². The van der Waals surface area contributed by atoms with Gasteiger partial charge in [-0.1, -0.05) is 0 Å². The van der Waals surface area contributed by atoms with Gasteiger partial charge in [-0.05, 0) is 47.7 Å². The SMILES string of the molecule is C[C@H](O)ONC(=O)c1oc2c(F)cncc2c1Nc1ccc(I)cc1F. The molecule has 3 rings (SSSR count). The van der Waals surface area contributed by atoms with Crippen LogP contribution in [-0.4, -0.2) is 22.3 Å². The molecule has 0 fully saturated rings. The molecule has 1 atom stereocenters. The molecule has 3 aromatic rings. The van der Waals surface area contributed by atoms with E-state index >= 15 is 0 Å². The third-order valence-electron chi connectivity index (χ3n) is 3.27. The Morgan fingerprint density at radius 2 is 2.12 bits per heavy atom. The molecular formula is C16H12F2IN3O4. The Labute approximate surface area is 159 Å². The predicted molar refractivity (Wildman–Crippen MR) is 96.6 cm³/mol. The summed E-state index contributed by atoms with van der Waals surface area (Å²) in [6.07, 6.45) is 0.933. The molecule has 0 saturated carbocycles. The molecule has 10 heteroatoms. The van der Waals surface area contributed by atoms with Gasteiger partial charge in [0.1, 0.15) is 11.5 Å². The number of hydroxylamine groups is 1. The third-order valence-corrected chi connectivity index (χ3v) is 3.94. The van der Waals surface area contributed by atoms with Crippen molar-refractivity contribution in [3.8, 4) is 0 Å². The van der Waals surface area contributed by atoms with E-state index in [4.69, 9.17) is 9.52 Å². The fourth-order valence-corrected chi connectivity index (χ4v) is 2.63. The van der Waals surface area contributed by atoms with E-state index in [9.17, 15) is 13.6 Å².